The van der Waals surface area contributed by atoms with E-state index in [1.807, 2.05) is 0 Å². The molecule has 0 bridgehead atoms. The van der Waals surface area contributed by atoms with E-state index < -0.39 is 0 Å². The molecule has 3 aromatic rings. The number of nitrogens with zero attached hydrogens (tertiary/aromatic N) is 4. The van der Waals surface area contributed by atoms with Crippen LogP contribution in [0.15, 0.2) is 36.9 Å². The number of fused-ring (bicyclic) bond motifs is 1. The van der Waals surface area contributed by atoms with Crippen molar-refractivity contribution in [1.82, 2.24) is 19.5 Å². The topological polar surface area (TPSA) is 43.6 Å². The van der Waals surface area contributed by atoms with Crippen molar-refractivity contribution in [2.24, 2.45) is 0 Å². The highest BCUT2D eigenvalue weighted by molar-refractivity contribution is 6.33. The second-order valence-electron chi connectivity index (χ2n) is 3.80. The molecule has 0 atom stereocenters. The smallest absolute Gasteiger partial charge is 0.165 e. The van der Waals surface area contributed by atoms with Crippen LogP contribution in [0.5, 0.6) is 0 Å². The average Bonchev–Trinajstić information content (AvgIpc) is 2.77. The molecular formula is C12H8ClFN4. The molecule has 4 nitrogen and oxygen atoms in total. The van der Waals surface area contributed by atoms with Crippen molar-refractivity contribution in [3.05, 3.63) is 53.5 Å². The third-order valence-electron chi connectivity index (χ3n) is 2.66. The second kappa shape index (κ2) is 4.34. The third-order valence-corrected chi connectivity index (χ3v) is 2.93. The van der Waals surface area contributed by atoms with E-state index in [0.29, 0.717) is 28.4 Å². The van der Waals surface area contributed by atoms with Crippen LogP contribution in [-0.4, -0.2) is 19.5 Å². The van der Waals surface area contributed by atoms with Gasteiger partial charge in [-0.25, -0.2) is 19.3 Å². The van der Waals surface area contributed by atoms with Gasteiger partial charge in [0.15, 0.2) is 10.8 Å². The van der Waals surface area contributed by atoms with Crippen molar-refractivity contribution in [3.8, 4) is 0 Å². The van der Waals surface area contributed by atoms with Gasteiger partial charge in [-0.2, -0.15) is 0 Å². The fraction of sp³-hybridized carbons (Fsp3) is 0.0833. The molecule has 6 heteroatoms. The van der Waals surface area contributed by atoms with Gasteiger partial charge in [-0.1, -0.05) is 29.8 Å². The summed E-state index contributed by atoms with van der Waals surface area (Å²) in [5, 5.41) is 0.298. The molecule has 0 spiro atoms. The third kappa shape index (κ3) is 1.82. The van der Waals surface area contributed by atoms with Crippen LogP contribution >= 0.6 is 11.6 Å². The highest BCUT2D eigenvalue weighted by Crippen LogP contribution is 2.18. The number of hydrogen-bond acceptors (Lipinski definition) is 3. The van der Waals surface area contributed by atoms with Crippen LogP contribution in [0.25, 0.3) is 11.2 Å². The number of aromatic nitrogens is 4. The van der Waals surface area contributed by atoms with Gasteiger partial charge in [-0.3, -0.25) is 0 Å². The lowest BCUT2D eigenvalue weighted by Crippen LogP contribution is -2.01. The molecule has 0 amide bonds. The SMILES string of the molecule is Fc1ccccc1Cn1cnc2c(Cl)ncnc21. The lowest BCUT2D eigenvalue weighted by atomic mass is 10.2. The maximum atomic E-state index is 13.6. The second-order valence-corrected chi connectivity index (χ2v) is 4.16. The Kier molecular flexibility index (Phi) is 2.68. The standard InChI is InChI=1S/C12H8ClFN4/c13-11-10-12(16-6-15-11)18(7-17-10)5-8-3-1-2-4-9(8)14/h1-4,6-7H,5H2. The minimum absolute atomic E-state index is 0.250. The molecule has 0 fully saturated rings. The van der Waals surface area contributed by atoms with Crippen molar-refractivity contribution in [2.75, 3.05) is 0 Å². The highest BCUT2D eigenvalue weighted by atomic mass is 35.5. The molecule has 1 aromatic carbocycles. The first-order valence-electron chi connectivity index (χ1n) is 5.30. The first kappa shape index (κ1) is 11.1. The molecule has 0 radical (unpaired) electrons. The van der Waals surface area contributed by atoms with E-state index in [0.717, 1.165) is 0 Å². The summed E-state index contributed by atoms with van der Waals surface area (Å²) in [6.07, 6.45) is 2.95. The van der Waals surface area contributed by atoms with Gasteiger partial charge in [-0.15, -0.1) is 0 Å². The van der Waals surface area contributed by atoms with Crippen molar-refractivity contribution < 1.29 is 4.39 Å². The predicted octanol–water partition coefficient (Wildman–Crippen LogP) is 2.67. The van der Waals surface area contributed by atoms with Crippen LogP contribution in [0.1, 0.15) is 5.56 Å². The van der Waals surface area contributed by atoms with Crippen LogP contribution in [0.4, 0.5) is 4.39 Å². The molecule has 0 N–H and O–H groups in total. The minimum atomic E-state index is -0.250. The molecule has 3 rings (SSSR count). The van der Waals surface area contributed by atoms with Gasteiger partial charge in [0.25, 0.3) is 0 Å². The predicted molar refractivity (Wildman–Crippen MR) is 65.8 cm³/mol. The van der Waals surface area contributed by atoms with Crippen molar-refractivity contribution in [2.45, 2.75) is 6.54 Å². The molecule has 90 valence electrons. The Balaban J connectivity index is 2.06. The Morgan fingerprint density at radius 1 is 1.17 bits per heavy atom. The first-order valence-corrected chi connectivity index (χ1v) is 5.68. The Labute approximate surface area is 107 Å². The van der Waals surface area contributed by atoms with Gasteiger partial charge in [-0.05, 0) is 6.07 Å². The molecule has 0 aliphatic rings. The number of halogens is 2. The normalized spacial score (nSPS) is 11.0. The Bertz CT molecular complexity index is 710. The Morgan fingerprint density at radius 3 is 2.83 bits per heavy atom. The first-order chi connectivity index (χ1) is 8.75. The number of imidazole rings is 1. The summed E-state index contributed by atoms with van der Waals surface area (Å²) in [5.74, 6) is -0.250. The van der Waals surface area contributed by atoms with Crippen molar-refractivity contribution in [1.29, 1.82) is 0 Å². The summed E-state index contributed by atoms with van der Waals surface area (Å²) in [4.78, 5) is 12.1. The van der Waals surface area contributed by atoms with E-state index in [2.05, 4.69) is 15.0 Å². The zero-order valence-electron chi connectivity index (χ0n) is 9.22. The van der Waals surface area contributed by atoms with Crippen molar-refractivity contribution in [3.63, 3.8) is 0 Å². The van der Waals surface area contributed by atoms with E-state index in [9.17, 15) is 4.39 Å². The number of hydrogen-bond donors (Lipinski definition) is 0. The van der Waals surface area contributed by atoms with E-state index in [-0.39, 0.29) is 5.82 Å². The fourth-order valence-electron chi connectivity index (χ4n) is 1.78. The van der Waals surface area contributed by atoms with Gasteiger partial charge in [0.2, 0.25) is 0 Å². The van der Waals surface area contributed by atoms with Crippen molar-refractivity contribution >= 4 is 22.8 Å². The molecule has 0 aliphatic carbocycles. The number of benzene rings is 1. The lowest BCUT2D eigenvalue weighted by molar-refractivity contribution is 0.601. The highest BCUT2D eigenvalue weighted by Gasteiger charge is 2.09. The molecule has 0 saturated carbocycles. The molecule has 0 aliphatic heterocycles. The molecule has 2 aromatic heterocycles. The maximum absolute atomic E-state index is 13.6. The number of rotatable bonds is 2. The van der Waals surface area contributed by atoms with E-state index in [1.165, 1.54) is 12.4 Å². The van der Waals surface area contributed by atoms with Gasteiger partial charge < -0.3 is 4.57 Å². The minimum Gasteiger partial charge on any atom is -0.311 e. The summed E-state index contributed by atoms with van der Waals surface area (Å²) in [6.45, 7) is 0.358. The molecule has 2 heterocycles. The quantitative estimate of drug-likeness (QED) is 0.667. The summed E-state index contributed by atoms with van der Waals surface area (Å²) >= 11 is 5.90. The van der Waals surface area contributed by atoms with Gasteiger partial charge in [0.05, 0.1) is 12.9 Å². The Morgan fingerprint density at radius 2 is 2.00 bits per heavy atom. The van der Waals surface area contributed by atoms with Crippen LogP contribution in [0.2, 0.25) is 5.15 Å². The molecule has 0 unspecified atom stereocenters. The van der Waals surface area contributed by atoms with Crippen LogP contribution in [0.3, 0.4) is 0 Å². The summed E-state index contributed by atoms with van der Waals surface area (Å²) in [5.41, 5.74) is 1.69. The zero-order chi connectivity index (χ0) is 12.5. The van der Waals surface area contributed by atoms with E-state index >= 15 is 0 Å². The molecular weight excluding hydrogens is 255 g/mol. The Hall–Kier alpha value is -2.01. The fourth-order valence-corrected chi connectivity index (χ4v) is 1.95. The van der Waals surface area contributed by atoms with Crippen LogP contribution in [-0.2, 0) is 6.54 Å². The zero-order valence-corrected chi connectivity index (χ0v) is 9.97. The van der Waals surface area contributed by atoms with Gasteiger partial charge in [0, 0.05) is 5.56 Å². The van der Waals surface area contributed by atoms with E-state index in [4.69, 9.17) is 11.6 Å². The summed E-state index contributed by atoms with van der Waals surface area (Å²) < 4.78 is 15.3. The molecule has 0 saturated heterocycles. The summed E-state index contributed by atoms with van der Waals surface area (Å²) in [7, 11) is 0. The summed E-state index contributed by atoms with van der Waals surface area (Å²) in [6, 6.07) is 6.60. The lowest BCUT2D eigenvalue weighted by Gasteiger charge is -2.04. The maximum Gasteiger partial charge on any atom is 0.165 e. The van der Waals surface area contributed by atoms with Gasteiger partial charge >= 0.3 is 0 Å². The molecule has 18 heavy (non-hydrogen) atoms. The largest absolute Gasteiger partial charge is 0.311 e. The van der Waals surface area contributed by atoms with Crippen LogP contribution in [0, 0.1) is 5.82 Å². The van der Waals surface area contributed by atoms with Gasteiger partial charge in [0.1, 0.15) is 17.7 Å². The van der Waals surface area contributed by atoms with E-state index in [1.54, 1.807) is 29.1 Å². The monoisotopic (exact) mass is 262 g/mol. The van der Waals surface area contributed by atoms with Crippen LogP contribution < -0.4 is 0 Å². The average molecular weight is 263 g/mol.